The lowest BCUT2D eigenvalue weighted by atomic mass is 10.3. The Morgan fingerprint density at radius 3 is 2.93 bits per heavy atom. The topological polar surface area (TPSA) is 19.4 Å². The third-order valence-corrected chi connectivity index (χ3v) is 2.60. The van der Waals surface area contributed by atoms with E-state index < -0.39 is 0 Å². The molecule has 1 aliphatic heterocycles. The van der Waals surface area contributed by atoms with Crippen LogP contribution in [-0.4, -0.2) is 36.1 Å². The fourth-order valence-electron chi connectivity index (χ4n) is 1.77. The van der Waals surface area contributed by atoms with Crippen LogP contribution >= 0.6 is 0 Å². The molecule has 0 radical (unpaired) electrons. The SMILES string of the molecule is [CH2-]N1CCCN(c2cccnc2)CC1. The molecule has 3 heteroatoms. The maximum atomic E-state index is 4.14. The van der Waals surface area contributed by atoms with Gasteiger partial charge in [-0.1, -0.05) is 0 Å². The number of nitrogens with zero attached hydrogens (tertiary/aromatic N) is 3. The second kappa shape index (κ2) is 4.42. The predicted molar refractivity (Wildman–Crippen MR) is 58.0 cm³/mol. The van der Waals surface area contributed by atoms with Crippen molar-refractivity contribution in [2.75, 3.05) is 31.1 Å². The van der Waals surface area contributed by atoms with Gasteiger partial charge in [-0.15, -0.1) is 0 Å². The van der Waals surface area contributed by atoms with E-state index in [0.717, 1.165) is 26.2 Å². The van der Waals surface area contributed by atoms with E-state index in [-0.39, 0.29) is 0 Å². The van der Waals surface area contributed by atoms with Crippen LogP contribution < -0.4 is 4.90 Å². The first-order valence-corrected chi connectivity index (χ1v) is 5.07. The third kappa shape index (κ3) is 2.23. The molecule has 0 aliphatic carbocycles. The summed E-state index contributed by atoms with van der Waals surface area (Å²) in [5.74, 6) is 0. The Kier molecular flexibility index (Phi) is 2.99. The van der Waals surface area contributed by atoms with Gasteiger partial charge < -0.3 is 9.80 Å². The highest BCUT2D eigenvalue weighted by Crippen LogP contribution is 2.13. The van der Waals surface area contributed by atoms with Crippen molar-refractivity contribution >= 4 is 5.69 Å². The van der Waals surface area contributed by atoms with Crippen molar-refractivity contribution in [1.82, 2.24) is 9.88 Å². The first-order chi connectivity index (χ1) is 6.86. The van der Waals surface area contributed by atoms with Crippen LogP contribution in [0.5, 0.6) is 0 Å². The van der Waals surface area contributed by atoms with Crippen LogP contribution in [-0.2, 0) is 0 Å². The molecule has 1 aliphatic rings. The fraction of sp³-hybridized carbons (Fsp3) is 0.455. The molecule has 0 atom stereocenters. The summed E-state index contributed by atoms with van der Waals surface area (Å²) in [4.78, 5) is 8.65. The van der Waals surface area contributed by atoms with E-state index in [2.05, 4.69) is 27.9 Å². The van der Waals surface area contributed by atoms with Crippen molar-refractivity contribution in [3.05, 3.63) is 31.6 Å². The van der Waals surface area contributed by atoms with Gasteiger partial charge in [-0.2, -0.15) is 0 Å². The van der Waals surface area contributed by atoms with E-state index in [0.29, 0.717) is 0 Å². The average molecular weight is 190 g/mol. The molecule has 3 nitrogen and oxygen atoms in total. The molecule has 0 unspecified atom stereocenters. The van der Waals surface area contributed by atoms with E-state index in [1.54, 1.807) is 0 Å². The number of hydrogen-bond acceptors (Lipinski definition) is 3. The quantitative estimate of drug-likeness (QED) is 0.624. The van der Waals surface area contributed by atoms with Crippen molar-refractivity contribution in [2.45, 2.75) is 6.42 Å². The summed E-state index contributed by atoms with van der Waals surface area (Å²) in [7, 11) is 3.98. The van der Waals surface area contributed by atoms with Gasteiger partial charge in [-0.05, 0) is 31.6 Å². The molecule has 0 amide bonds. The van der Waals surface area contributed by atoms with Crippen LogP contribution in [0.1, 0.15) is 6.42 Å². The zero-order valence-corrected chi connectivity index (χ0v) is 8.39. The number of aromatic nitrogens is 1. The van der Waals surface area contributed by atoms with Gasteiger partial charge >= 0.3 is 0 Å². The number of anilines is 1. The Hall–Kier alpha value is -1.09. The lowest BCUT2D eigenvalue weighted by Gasteiger charge is -2.24. The average Bonchev–Trinajstić information content (AvgIpc) is 2.44. The lowest BCUT2D eigenvalue weighted by molar-refractivity contribution is 0.398. The number of hydrogen-bond donors (Lipinski definition) is 0. The predicted octanol–water partition coefficient (Wildman–Crippen LogP) is 1.39. The molecule has 1 aromatic heterocycles. The smallest absolute Gasteiger partial charge is 0.0553 e. The zero-order chi connectivity index (χ0) is 9.80. The number of pyridine rings is 1. The second-order valence-electron chi connectivity index (χ2n) is 3.67. The van der Waals surface area contributed by atoms with E-state index in [4.69, 9.17) is 0 Å². The van der Waals surface area contributed by atoms with Gasteiger partial charge in [0, 0.05) is 19.3 Å². The molecule has 0 N–H and O–H groups in total. The summed E-state index contributed by atoms with van der Waals surface area (Å²) in [6.07, 6.45) is 4.92. The third-order valence-electron chi connectivity index (χ3n) is 2.60. The molecule has 1 aromatic rings. The van der Waals surface area contributed by atoms with Gasteiger partial charge in [0.05, 0.1) is 11.9 Å². The maximum Gasteiger partial charge on any atom is 0.0553 e. The summed E-state index contributed by atoms with van der Waals surface area (Å²) in [5, 5.41) is 0. The minimum absolute atomic E-state index is 1.04. The Labute approximate surface area is 85.4 Å². The fourth-order valence-corrected chi connectivity index (χ4v) is 1.77. The molecule has 2 rings (SSSR count). The Morgan fingerprint density at radius 1 is 1.21 bits per heavy atom. The molecular weight excluding hydrogens is 174 g/mol. The van der Waals surface area contributed by atoms with E-state index in [1.165, 1.54) is 12.1 Å². The molecule has 0 bridgehead atoms. The second-order valence-corrected chi connectivity index (χ2v) is 3.67. The van der Waals surface area contributed by atoms with Gasteiger partial charge in [0.2, 0.25) is 0 Å². The normalized spacial score (nSPS) is 19.4. The Bertz CT molecular complexity index is 273. The summed E-state index contributed by atoms with van der Waals surface area (Å²) in [6, 6.07) is 4.11. The Balaban J connectivity index is 2.04. The van der Waals surface area contributed by atoms with Crippen LogP contribution in [0, 0.1) is 7.05 Å². The molecule has 0 spiro atoms. The van der Waals surface area contributed by atoms with Crippen molar-refractivity contribution in [2.24, 2.45) is 0 Å². The van der Waals surface area contributed by atoms with Crippen LogP contribution in [0.4, 0.5) is 5.69 Å². The minimum Gasteiger partial charge on any atom is -0.458 e. The molecule has 2 heterocycles. The summed E-state index contributed by atoms with van der Waals surface area (Å²) < 4.78 is 0. The van der Waals surface area contributed by atoms with Crippen molar-refractivity contribution < 1.29 is 0 Å². The minimum atomic E-state index is 1.04. The standard InChI is InChI=1S/C11H16N3/c1-13-6-3-7-14(9-8-13)11-4-2-5-12-10-11/h2,4-5,10H,1,3,6-9H2/q-1. The lowest BCUT2D eigenvalue weighted by Crippen LogP contribution is -2.28. The summed E-state index contributed by atoms with van der Waals surface area (Å²) in [6.45, 7) is 4.29. The molecule has 76 valence electrons. The largest absolute Gasteiger partial charge is 0.458 e. The van der Waals surface area contributed by atoms with E-state index in [9.17, 15) is 0 Å². The van der Waals surface area contributed by atoms with Crippen molar-refractivity contribution in [3.63, 3.8) is 0 Å². The van der Waals surface area contributed by atoms with E-state index >= 15 is 0 Å². The molecule has 14 heavy (non-hydrogen) atoms. The number of rotatable bonds is 1. The molecule has 1 fully saturated rings. The van der Waals surface area contributed by atoms with Gasteiger partial charge in [0.25, 0.3) is 0 Å². The van der Waals surface area contributed by atoms with Crippen LogP contribution in [0.2, 0.25) is 0 Å². The summed E-state index contributed by atoms with van der Waals surface area (Å²) in [5.41, 5.74) is 1.22. The molecule has 0 saturated carbocycles. The summed E-state index contributed by atoms with van der Waals surface area (Å²) >= 11 is 0. The maximum absolute atomic E-state index is 4.14. The van der Waals surface area contributed by atoms with Gasteiger partial charge in [-0.25, -0.2) is 0 Å². The van der Waals surface area contributed by atoms with Crippen LogP contribution in [0.25, 0.3) is 0 Å². The molecular formula is C11H16N3-. The van der Waals surface area contributed by atoms with Gasteiger partial charge in [0.15, 0.2) is 0 Å². The van der Waals surface area contributed by atoms with Crippen LogP contribution in [0.3, 0.4) is 0 Å². The highest BCUT2D eigenvalue weighted by atomic mass is 15.2. The van der Waals surface area contributed by atoms with Gasteiger partial charge in [-0.3, -0.25) is 12.0 Å². The first-order valence-electron chi connectivity index (χ1n) is 5.07. The first kappa shape index (κ1) is 9.46. The van der Waals surface area contributed by atoms with Crippen molar-refractivity contribution in [1.29, 1.82) is 0 Å². The van der Waals surface area contributed by atoms with Crippen molar-refractivity contribution in [3.8, 4) is 0 Å². The zero-order valence-electron chi connectivity index (χ0n) is 8.39. The van der Waals surface area contributed by atoms with E-state index in [1.807, 2.05) is 18.5 Å². The highest BCUT2D eigenvalue weighted by molar-refractivity contribution is 5.43. The molecule has 0 aromatic carbocycles. The monoisotopic (exact) mass is 190 g/mol. The highest BCUT2D eigenvalue weighted by Gasteiger charge is 2.09. The van der Waals surface area contributed by atoms with Gasteiger partial charge in [0.1, 0.15) is 0 Å². The molecule has 1 saturated heterocycles. The van der Waals surface area contributed by atoms with Crippen LogP contribution in [0.15, 0.2) is 24.5 Å². The Morgan fingerprint density at radius 2 is 2.14 bits per heavy atom.